The first-order chi connectivity index (χ1) is 49.1. The first kappa shape index (κ1) is 66.1. The Hall–Kier alpha value is -12.9. The van der Waals surface area contributed by atoms with Crippen molar-refractivity contribution in [3.63, 3.8) is 0 Å². The summed E-state index contributed by atoms with van der Waals surface area (Å²) < 4.78 is 31.2. The van der Waals surface area contributed by atoms with Gasteiger partial charge in [0, 0.05) is 54.1 Å². The molecule has 22 rings (SSSR count). The Balaban J connectivity index is 0.000000103. The molecule has 0 saturated carbocycles. The van der Waals surface area contributed by atoms with E-state index in [4.69, 9.17) is 17.8 Å². The lowest BCUT2D eigenvalue weighted by Crippen LogP contribution is -1.63. The van der Waals surface area contributed by atoms with Crippen LogP contribution in [0.4, 0.5) is 0 Å². The van der Waals surface area contributed by atoms with E-state index in [9.17, 15) is 0 Å². The van der Waals surface area contributed by atoms with Crippen molar-refractivity contribution in [2.75, 3.05) is 0 Å². The molecule has 11 heterocycles. The molecule has 22 aromatic rings. The molecule has 0 unspecified atom stereocenters. The van der Waals surface area contributed by atoms with E-state index < -0.39 is 0 Å². The maximum atomic E-state index is 5.12. The summed E-state index contributed by atoms with van der Waals surface area (Å²) in [5.74, 6) is 0. The van der Waals surface area contributed by atoms with Crippen LogP contribution in [0.15, 0.2) is 374 Å². The maximum Gasteiger partial charge on any atom is 0.181 e. The SMILES string of the molecule is c1ccc2[nH]ccc2c1.c1ccc2[nH]cnc2c1.c1ccc2[nH]ncc2c1.c1ccc2cocc2c1.c1ccc2nonc2c1.c1ccc2nscc2c1.c1ccc2occc2c1.c1ccc2ocnc2c1.c1ccc2oncc2c1.c1ccc2sccc2c1.c1ccc2scnc2c1. The summed E-state index contributed by atoms with van der Waals surface area (Å²) in [6.45, 7) is 0. The number of thiophene rings is 1. The summed E-state index contributed by atoms with van der Waals surface area (Å²) in [4.78, 5) is 18.3. The van der Waals surface area contributed by atoms with Gasteiger partial charge in [0.1, 0.15) is 22.1 Å². The Morgan fingerprint density at radius 1 is 0.354 bits per heavy atom. The van der Waals surface area contributed by atoms with E-state index in [-0.39, 0.29) is 0 Å². The number of benzene rings is 11. The first-order valence-corrected chi connectivity index (χ1v) is 33.6. The molecule has 0 amide bonds. The van der Waals surface area contributed by atoms with Crippen LogP contribution in [0.25, 0.3) is 119 Å². The summed E-state index contributed by atoms with van der Waals surface area (Å²) in [6, 6.07) is 93.9. The second-order valence-electron chi connectivity index (χ2n) is 21.0. The van der Waals surface area contributed by atoms with Crippen molar-refractivity contribution in [2.45, 2.75) is 0 Å². The number of para-hydroxylation sites is 9. The number of thiazole rings is 1. The molecule has 11 aromatic carbocycles. The molecule has 0 aliphatic heterocycles. The van der Waals surface area contributed by atoms with Crippen molar-refractivity contribution in [2.24, 2.45) is 0 Å². The third-order valence-electron chi connectivity index (χ3n) is 14.4. The number of aromatic nitrogens is 11. The topological polar surface area (TPSA) is 216 Å². The number of rotatable bonds is 0. The average Bonchev–Trinajstić information content (AvgIpc) is 4.49. The van der Waals surface area contributed by atoms with Crippen LogP contribution in [-0.4, -0.2) is 55.0 Å². The zero-order valence-electron chi connectivity index (χ0n) is 52.8. The van der Waals surface area contributed by atoms with Crippen molar-refractivity contribution in [1.82, 2.24) is 55.0 Å². The lowest BCUT2D eigenvalue weighted by Gasteiger charge is -1.83. The normalized spacial score (nSPS) is 10.2. The highest BCUT2D eigenvalue weighted by atomic mass is 32.1. The molecule has 0 spiro atoms. The number of hydrogen-bond acceptors (Lipinski definition) is 16. The first-order valence-electron chi connectivity index (χ1n) is 31.0. The minimum Gasteiger partial charge on any atom is -0.471 e. The van der Waals surface area contributed by atoms with Gasteiger partial charge in [0.2, 0.25) is 0 Å². The van der Waals surface area contributed by atoms with Crippen molar-refractivity contribution in [3.05, 3.63) is 351 Å². The van der Waals surface area contributed by atoms with Crippen LogP contribution >= 0.6 is 34.2 Å². The van der Waals surface area contributed by atoms with Crippen LogP contribution in [0.1, 0.15) is 0 Å². The smallest absolute Gasteiger partial charge is 0.181 e. The van der Waals surface area contributed by atoms with Gasteiger partial charge in [-0.1, -0.05) is 181 Å². The van der Waals surface area contributed by atoms with Crippen molar-refractivity contribution < 1.29 is 22.4 Å². The molecule has 99 heavy (non-hydrogen) atoms. The molecule has 0 saturated heterocycles. The highest BCUT2D eigenvalue weighted by Crippen LogP contribution is 2.21. The van der Waals surface area contributed by atoms with Crippen LogP contribution in [0.3, 0.4) is 0 Å². The standard InChI is InChI=1S/C8H7N.2C8H6O.C8H6S.2C7H6N2.2C7H5NO.2C7H5NS.C6H4N2O/c1-2-4-8-7(3-1)5-6-9-8;1-2-4-8-6-9-5-7(8)3-1;2*1-2-4-8-7(3-1)5-6-9-8;1-2-4-7-6(3-1)8-5-9-7;1-2-4-7-6(3-1)5-8-9-7;1-2-4-7-6(3-1)8-5-9-7;1-2-4-7-6(3-1)5-8-9-7;1-2-4-7-6(3-1)8-5-9-7;1-2-4-7-6(3-1)5-9-8-7;1-2-4-6-5(3-1)7-9-8-6/h1-6,9H;3*1-6H;2*1-5H,(H,8,9);4*1-5H;1-4H. The van der Waals surface area contributed by atoms with E-state index >= 15 is 0 Å². The van der Waals surface area contributed by atoms with E-state index in [1.807, 2.05) is 242 Å². The zero-order valence-corrected chi connectivity index (χ0v) is 55.3. The highest BCUT2D eigenvalue weighted by molar-refractivity contribution is 7.17. The van der Waals surface area contributed by atoms with E-state index in [2.05, 4.69) is 131 Å². The second kappa shape index (κ2) is 35.5. The van der Waals surface area contributed by atoms with Crippen LogP contribution in [0, 0.1) is 0 Å². The molecule has 0 atom stereocenters. The molecular formula is C80H61N11O5S3. The second-order valence-corrected chi connectivity index (χ2v) is 23.5. The van der Waals surface area contributed by atoms with Gasteiger partial charge in [-0.2, -0.15) is 9.47 Å². The lowest BCUT2D eigenvalue weighted by molar-refractivity contribution is 0.315. The number of H-pyrrole nitrogens is 3. The molecule has 3 N–H and O–H groups in total. The molecule has 19 heteroatoms. The third kappa shape index (κ3) is 19.4. The zero-order chi connectivity index (χ0) is 67.1. The van der Waals surface area contributed by atoms with Crippen LogP contribution in [-0.2, 0) is 0 Å². The number of oxazole rings is 1. The number of imidazole rings is 1. The summed E-state index contributed by atoms with van der Waals surface area (Å²) in [5, 5.41) is 31.4. The van der Waals surface area contributed by atoms with Gasteiger partial charge in [0.05, 0.1) is 75.3 Å². The monoisotopic (exact) mass is 1350 g/mol. The molecule has 0 bridgehead atoms. The van der Waals surface area contributed by atoms with E-state index in [0.29, 0.717) is 0 Å². The summed E-state index contributed by atoms with van der Waals surface area (Å²) >= 11 is 4.97. The Labute approximate surface area is 578 Å². The predicted molar refractivity (Wildman–Crippen MR) is 404 cm³/mol. The molecule has 11 aromatic heterocycles. The highest BCUT2D eigenvalue weighted by Gasteiger charge is 1.98. The molecule has 0 fully saturated rings. The number of furan rings is 2. The van der Waals surface area contributed by atoms with Gasteiger partial charge < -0.3 is 27.7 Å². The summed E-state index contributed by atoms with van der Waals surface area (Å²) in [5.41, 5.74) is 13.7. The third-order valence-corrected chi connectivity index (χ3v) is 16.8. The fourth-order valence-electron chi connectivity index (χ4n) is 9.43. The average molecular weight is 1350 g/mol. The molecular weight excluding hydrogens is 1290 g/mol. The van der Waals surface area contributed by atoms with Crippen LogP contribution in [0.5, 0.6) is 0 Å². The van der Waals surface area contributed by atoms with Crippen LogP contribution < -0.4 is 0 Å². The minimum absolute atomic E-state index is 0.803. The maximum absolute atomic E-state index is 5.12. The molecule has 0 aliphatic rings. The van der Waals surface area contributed by atoms with Gasteiger partial charge in [0.15, 0.2) is 17.6 Å². The summed E-state index contributed by atoms with van der Waals surface area (Å²) in [7, 11) is 0. The predicted octanol–water partition coefficient (Wildman–Crippen LogP) is 22.5. The fraction of sp³-hybridized carbons (Fsp3) is 0. The lowest BCUT2D eigenvalue weighted by atomic mass is 10.2. The number of nitrogens with one attached hydrogen (secondary N) is 3. The number of fused-ring (bicyclic) bond motifs is 11. The Kier molecular flexibility index (Phi) is 23.7. The Morgan fingerprint density at radius 2 is 0.929 bits per heavy atom. The van der Waals surface area contributed by atoms with Crippen molar-refractivity contribution in [3.8, 4) is 0 Å². The minimum atomic E-state index is 0.803. The van der Waals surface area contributed by atoms with Gasteiger partial charge in [-0.25, -0.2) is 19.6 Å². The van der Waals surface area contributed by atoms with Crippen LogP contribution in [0.2, 0.25) is 0 Å². The quantitative estimate of drug-likeness (QED) is 0.129. The summed E-state index contributed by atoms with van der Waals surface area (Å²) in [6.07, 6.45) is 13.8. The molecule has 0 radical (unpaired) electrons. The molecule has 16 nitrogen and oxygen atoms in total. The largest absolute Gasteiger partial charge is 0.471 e. The van der Waals surface area contributed by atoms with Gasteiger partial charge in [-0.15, -0.1) is 22.7 Å². The fourth-order valence-corrected chi connectivity index (χ4v) is 11.5. The van der Waals surface area contributed by atoms with Gasteiger partial charge in [0.25, 0.3) is 0 Å². The van der Waals surface area contributed by atoms with E-state index in [1.165, 1.54) is 49.0 Å². The number of hydrogen-bond donors (Lipinski definition) is 3. The Morgan fingerprint density at radius 3 is 1.61 bits per heavy atom. The van der Waals surface area contributed by atoms with Crippen molar-refractivity contribution in [1.29, 1.82) is 0 Å². The van der Waals surface area contributed by atoms with Gasteiger partial charge >= 0.3 is 0 Å². The van der Waals surface area contributed by atoms with E-state index in [1.54, 1.807) is 54.0 Å². The van der Waals surface area contributed by atoms with Gasteiger partial charge in [-0.05, 0) is 147 Å². The Bertz CT molecular complexity index is 4370. The van der Waals surface area contributed by atoms with Gasteiger partial charge in [-0.3, -0.25) is 5.10 Å². The number of aromatic amines is 3. The molecule has 0 aliphatic carbocycles. The molecule has 484 valence electrons. The van der Waals surface area contributed by atoms with E-state index in [0.717, 1.165) is 87.8 Å². The number of nitrogens with zero attached hydrogens (tertiary/aromatic N) is 8. The van der Waals surface area contributed by atoms with Crippen molar-refractivity contribution >= 4 is 153 Å².